The van der Waals surface area contributed by atoms with Crippen molar-refractivity contribution in [3.05, 3.63) is 62.6 Å². The zero-order valence-electron chi connectivity index (χ0n) is 23.1. The second kappa shape index (κ2) is 10.4. The molecule has 9 nitrogen and oxygen atoms in total. The number of hydrogen-bond donors (Lipinski definition) is 1. The molecule has 6 rings (SSSR count). The summed E-state index contributed by atoms with van der Waals surface area (Å²) in [4.78, 5) is 34.1. The first-order valence-electron chi connectivity index (χ1n) is 13.9. The first-order chi connectivity index (χ1) is 19.1. The van der Waals surface area contributed by atoms with E-state index in [1.165, 1.54) is 5.56 Å². The normalized spacial score (nSPS) is 20.1. The molecule has 1 aromatic carbocycles. The van der Waals surface area contributed by atoms with Gasteiger partial charge in [0.25, 0.3) is 5.56 Å². The van der Waals surface area contributed by atoms with Crippen LogP contribution in [0, 0.1) is 5.41 Å². The van der Waals surface area contributed by atoms with Gasteiger partial charge in [-0.3, -0.25) is 14.7 Å². The standard InChI is InChI=1S/C30H35BrN4O5/c1-30(2,3)28(22-14-23-24(15-32-22)40-13-12-39-23)35(29(37)38)20-8-10-33(11-9-20)16-19-17-34-25(36)7-5-18-4-6-21(31)26(19)27(18)34/h4-7,14-15,19-20,28H,8-13,16-17H2,1-3H3,(H,37,38). The monoisotopic (exact) mass is 610 g/mol. The fourth-order valence-corrected chi connectivity index (χ4v) is 7.36. The fourth-order valence-electron chi connectivity index (χ4n) is 6.71. The molecule has 0 bridgehead atoms. The number of rotatable bonds is 5. The Morgan fingerprint density at radius 3 is 2.55 bits per heavy atom. The van der Waals surface area contributed by atoms with E-state index in [1.807, 2.05) is 16.7 Å². The molecule has 2 aromatic heterocycles. The maximum absolute atomic E-state index is 12.8. The van der Waals surface area contributed by atoms with Crippen LogP contribution in [0.4, 0.5) is 4.79 Å². The van der Waals surface area contributed by atoms with Gasteiger partial charge in [0.05, 0.1) is 23.4 Å². The predicted molar refractivity (Wildman–Crippen MR) is 155 cm³/mol. The Morgan fingerprint density at radius 2 is 1.85 bits per heavy atom. The highest BCUT2D eigenvalue weighted by Crippen LogP contribution is 2.43. The van der Waals surface area contributed by atoms with Gasteiger partial charge < -0.3 is 24.0 Å². The largest absolute Gasteiger partial charge is 0.486 e. The molecule has 2 unspecified atom stereocenters. The predicted octanol–water partition coefficient (Wildman–Crippen LogP) is 5.26. The molecule has 5 heterocycles. The number of carboxylic acid groups (broad SMARTS) is 1. The molecule has 0 aliphatic carbocycles. The minimum absolute atomic E-state index is 0.0335. The number of piperidine rings is 1. The fraction of sp³-hybridized carbons (Fsp3) is 0.500. The van der Waals surface area contributed by atoms with Crippen LogP contribution in [0.2, 0.25) is 0 Å². The smallest absolute Gasteiger partial charge is 0.408 e. The van der Waals surface area contributed by atoms with Crippen LogP contribution in [0.5, 0.6) is 11.5 Å². The lowest BCUT2D eigenvalue weighted by Gasteiger charge is -2.45. The van der Waals surface area contributed by atoms with Gasteiger partial charge in [-0.05, 0) is 41.3 Å². The van der Waals surface area contributed by atoms with E-state index < -0.39 is 12.1 Å². The van der Waals surface area contributed by atoms with Crippen molar-refractivity contribution in [3.8, 4) is 11.5 Å². The molecule has 1 N–H and O–H groups in total. The maximum atomic E-state index is 12.8. The molecule has 1 fully saturated rings. The third-order valence-electron chi connectivity index (χ3n) is 8.43. The average molecular weight is 612 g/mol. The summed E-state index contributed by atoms with van der Waals surface area (Å²) in [6, 6.07) is 8.94. The van der Waals surface area contributed by atoms with Crippen LogP contribution in [-0.4, -0.2) is 69.4 Å². The van der Waals surface area contributed by atoms with Crippen molar-refractivity contribution in [2.75, 3.05) is 32.8 Å². The van der Waals surface area contributed by atoms with Crippen LogP contribution in [-0.2, 0) is 6.54 Å². The number of ether oxygens (including phenoxy) is 2. The molecule has 3 aliphatic heterocycles. The number of halogens is 1. The van der Waals surface area contributed by atoms with Crippen molar-refractivity contribution in [2.45, 2.75) is 58.2 Å². The van der Waals surface area contributed by atoms with E-state index in [-0.39, 0.29) is 22.9 Å². The summed E-state index contributed by atoms with van der Waals surface area (Å²) in [5.41, 5.74) is 2.54. The van der Waals surface area contributed by atoms with Crippen LogP contribution in [0.25, 0.3) is 10.9 Å². The van der Waals surface area contributed by atoms with Gasteiger partial charge in [0, 0.05) is 54.7 Å². The van der Waals surface area contributed by atoms with Crippen molar-refractivity contribution >= 4 is 32.9 Å². The molecule has 0 radical (unpaired) electrons. The van der Waals surface area contributed by atoms with E-state index >= 15 is 0 Å². The second-order valence-electron chi connectivity index (χ2n) is 12.1. The topological polar surface area (TPSA) is 97.1 Å². The van der Waals surface area contributed by atoms with Crippen molar-refractivity contribution in [1.29, 1.82) is 0 Å². The van der Waals surface area contributed by atoms with Gasteiger partial charge in [-0.25, -0.2) is 4.79 Å². The lowest BCUT2D eigenvalue weighted by molar-refractivity contribution is 0.0268. The number of nitrogens with zero attached hydrogens (tertiary/aromatic N) is 4. The molecular formula is C30H35BrN4O5. The first-order valence-corrected chi connectivity index (χ1v) is 14.7. The molecule has 3 aliphatic rings. The number of likely N-dealkylation sites (tertiary alicyclic amines) is 1. The van der Waals surface area contributed by atoms with E-state index in [2.05, 4.69) is 58.7 Å². The lowest BCUT2D eigenvalue weighted by atomic mass is 9.82. The summed E-state index contributed by atoms with van der Waals surface area (Å²) >= 11 is 3.74. The van der Waals surface area contributed by atoms with Crippen LogP contribution in [0.1, 0.15) is 56.8 Å². The summed E-state index contributed by atoms with van der Waals surface area (Å²) in [6.07, 6.45) is 2.17. The molecule has 2 atom stereocenters. The van der Waals surface area contributed by atoms with Gasteiger partial charge in [-0.1, -0.05) is 42.8 Å². The molecule has 1 amide bonds. The van der Waals surface area contributed by atoms with Crippen LogP contribution >= 0.6 is 15.9 Å². The number of fused-ring (bicyclic) bond motifs is 1. The van der Waals surface area contributed by atoms with Crippen molar-refractivity contribution in [2.24, 2.45) is 5.41 Å². The molecule has 0 saturated carbocycles. The third-order valence-corrected chi connectivity index (χ3v) is 9.12. The van der Waals surface area contributed by atoms with Gasteiger partial charge in [0.2, 0.25) is 0 Å². The van der Waals surface area contributed by atoms with E-state index in [4.69, 9.17) is 9.47 Å². The van der Waals surface area contributed by atoms with Crippen molar-refractivity contribution < 1.29 is 19.4 Å². The Kier molecular flexibility index (Phi) is 7.02. The second-order valence-corrected chi connectivity index (χ2v) is 13.0. The number of hydrogen-bond acceptors (Lipinski definition) is 6. The molecular weight excluding hydrogens is 576 g/mol. The van der Waals surface area contributed by atoms with E-state index in [1.54, 1.807) is 17.2 Å². The average Bonchev–Trinajstić information content (AvgIpc) is 3.31. The van der Waals surface area contributed by atoms with Crippen molar-refractivity contribution in [1.82, 2.24) is 19.4 Å². The van der Waals surface area contributed by atoms with Gasteiger partial charge in [-0.2, -0.15) is 0 Å². The Balaban J connectivity index is 1.20. The van der Waals surface area contributed by atoms with E-state index in [0.717, 1.165) is 47.9 Å². The van der Waals surface area contributed by atoms with Gasteiger partial charge in [-0.15, -0.1) is 0 Å². The summed E-state index contributed by atoms with van der Waals surface area (Å²) in [6.45, 7) is 10.2. The summed E-state index contributed by atoms with van der Waals surface area (Å²) < 4.78 is 14.4. The highest BCUT2D eigenvalue weighted by molar-refractivity contribution is 9.10. The zero-order valence-corrected chi connectivity index (χ0v) is 24.7. The van der Waals surface area contributed by atoms with Crippen LogP contribution in [0.15, 0.2) is 45.8 Å². The van der Waals surface area contributed by atoms with Gasteiger partial charge >= 0.3 is 6.09 Å². The highest BCUT2D eigenvalue weighted by atomic mass is 79.9. The Labute approximate surface area is 241 Å². The van der Waals surface area contributed by atoms with E-state index in [0.29, 0.717) is 37.0 Å². The lowest BCUT2D eigenvalue weighted by Crippen LogP contribution is -2.51. The number of carbonyl (C=O) groups is 1. The third kappa shape index (κ3) is 4.85. The molecule has 40 heavy (non-hydrogen) atoms. The zero-order chi connectivity index (χ0) is 28.2. The number of aromatic nitrogens is 2. The Bertz CT molecular complexity index is 1510. The number of benzene rings is 1. The first kappa shape index (κ1) is 27.1. The molecule has 1 saturated heterocycles. The number of amides is 1. The quantitative estimate of drug-likeness (QED) is 0.421. The van der Waals surface area contributed by atoms with Crippen LogP contribution < -0.4 is 15.0 Å². The van der Waals surface area contributed by atoms with Crippen molar-refractivity contribution in [3.63, 3.8) is 0 Å². The Morgan fingerprint density at radius 1 is 1.15 bits per heavy atom. The number of pyridine rings is 2. The van der Waals surface area contributed by atoms with Gasteiger partial charge in [0.1, 0.15) is 13.2 Å². The van der Waals surface area contributed by atoms with Gasteiger partial charge in [0.15, 0.2) is 11.5 Å². The SMILES string of the molecule is CC(C)(C)C(c1cc2c(cn1)OCCO2)N(C(=O)O)C1CCN(CC2Cn3c(=O)ccc4ccc(Br)c2c43)CC1. The summed E-state index contributed by atoms with van der Waals surface area (Å²) in [5, 5.41) is 11.6. The summed E-state index contributed by atoms with van der Waals surface area (Å²) in [5.74, 6) is 1.41. The Hall–Kier alpha value is -3.11. The maximum Gasteiger partial charge on any atom is 0.408 e. The minimum Gasteiger partial charge on any atom is -0.486 e. The van der Waals surface area contributed by atoms with Crippen LogP contribution in [0.3, 0.4) is 0 Å². The molecule has 3 aromatic rings. The molecule has 0 spiro atoms. The summed E-state index contributed by atoms with van der Waals surface area (Å²) in [7, 11) is 0. The highest BCUT2D eigenvalue weighted by Gasteiger charge is 2.42. The minimum atomic E-state index is -0.934. The van der Waals surface area contributed by atoms with E-state index in [9.17, 15) is 14.7 Å². The molecule has 10 heteroatoms. The molecule has 212 valence electrons.